The molecule has 4 rings (SSSR count). The summed E-state index contributed by atoms with van der Waals surface area (Å²) in [5.41, 5.74) is 0.283. The van der Waals surface area contributed by atoms with E-state index in [1.807, 2.05) is 17.5 Å². The number of nitrogens with one attached hydrogen (secondary N) is 1. The monoisotopic (exact) mass is 442 g/mol. The van der Waals surface area contributed by atoms with Gasteiger partial charge in [0.2, 0.25) is 10.0 Å². The van der Waals surface area contributed by atoms with Crippen molar-refractivity contribution >= 4 is 39.1 Å². The lowest BCUT2D eigenvalue weighted by Crippen LogP contribution is -2.32. The number of carbonyl (C=O) groups is 3. The fourth-order valence-corrected chi connectivity index (χ4v) is 4.56. The number of hydrogen-bond acceptors (Lipinski definition) is 7. The van der Waals surface area contributed by atoms with Crippen LogP contribution < -0.4 is 4.72 Å². The zero-order chi connectivity index (χ0) is 21.3. The van der Waals surface area contributed by atoms with Crippen molar-refractivity contribution in [2.24, 2.45) is 0 Å². The Hall–Kier alpha value is -3.34. The first-order valence-electron chi connectivity index (χ1n) is 8.69. The highest BCUT2D eigenvalue weighted by Gasteiger charge is 2.38. The van der Waals surface area contributed by atoms with E-state index < -0.39 is 27.8 Å². The summed E-state index contributed by atoms with van der Waals surface area (Å²) < 4.78 is 27.2. The molecule has 0 aliphatic carbocycles. The standard InChI is InChI=1S/C20H14N2O6S2/c23-18-16-5-1-2-6-17(16)19(24)22(18)28-20(25)13-7-9-15(10-8-13)30(26,27)21-12-14-4-3-11-29-14/h1-11,21H,12H2. The van der Waals surface area contributed by atoms with E-state index in [1.165, 1.54) is 47.7 Å². The average Bonchev–Trinajstić information content (AvgIpc) is 3.36. The van der Waals surface area contributed by atoms with Gasteiger partial charge >= 0.3 is 5.97 Å². The van der Waals surface area contributed by atoms with Gasteiger partial charge < -0.3 is 4.84 Å². The minimum Gasteiger partial charge on any atom is -0.324 e. The summed E-state index contributed by atoms with van der Waals surface area (Å²) in [7, 11) is -3.77. The predicted molar refractivity (Wildman–Crippen MR) is 107 cm³/mol. The van der Waals surface area contributed by atoms with E-state index in [-0.39, 0.29) is 28.1 Å². The summed E-state index contributed by atoms with van der Waals surface area (Å²) in [6.45, 7) is 0.156. The van der Waals surface area contributed by atoms with Gasteiger partial charge in [0.05, 0.1) is 21.6 Å². The van der Waals surface area contributed by atoms with Crippen LogP contribution in [0.1, 0.15) is 36.0 Å². The Labute approximate surface area is 175 Å². The highest BCUT2D eigenvalue weighted by Crippen LogP contribution is 2.23. The molecule has 2 heterocycles. The van der Waals surface area contributed by atoms with Gasteiger partial charge in [0, 0.05) is 11.4 Å². The van der Waals surface area contributed by atoms with Crippen LogP contribution in [0.4, 0.5) is 0 Å². The number of fused-ring (bicyclic) bond motifs is 1. The Morgan fingerprint density at radius 1 is 0.933 bits per heavy atom. The molecule has 0 saturated heterocycles. The Morgan fingerprint density at radius 3 is 2.13 bits per heavy atom. The van der Waals surface area contributed by atoms with Crippen LogP contribution in [0, 0.1) is 0 Å². The molecule has 0 radical (unpaired) electrons. The lowest BCUT2D eigenvalue weighted by atomic mass is 10.1. The smallest absolute Gasteiger partial charge is 0.324 e. The van der Waals surface area contributed by atoms with Gasteiger partial charge in [-0.2, -0.15) is 0 Å². The summed E-state index contributed by atoms with van der Waals surface area (Å²) in [5.74, 6) is -2.43. The summed E-state index contributed by atoms with van der Waals surface area (Å²) in [6, 6.07) is 14.8. The van der Waals surface area contributed by atoms with Crippen molar-refractivity contribution in [3.8, 4) is 0 Å². The summed E-state index contributed by atoms with van der Waals surface area (Å²) in [4.78, 5) is 42.7. The van der Waals surface area contributed by atoms with Crippen molar-refractivity contribution in [1.82, 2.24) is 9.79 Å². The molecule has 0 saturated carbocycles. The number of hydrogen-bond donors (Lipinski definition) is 1. The first-order valence-corrected chi connectivity index (χ1v) is 11.1. The molecule has 1 N–H and O–H groups in total. The van der Waals surface area contributed by atoms with Crippen molar-refractivity contribution in [3.05, 3.63) is 87.6 Å². The molecular formula is C20H14N2O6S2. The molecule has 0 bridgehead atoms. The van der Waals surface area contributed by atoms with Crippen molar-refractivity contribution in [3.63, 3.8) is 0 Å². The normalized spacial score (nSPS) is 13.4. The molecule has 2 amide bonds. The van der Waals surface area contributed by atoms with Crippen LogP contribution in [-0.4, -0.2) is 31.3 Å². The van der Waals surface area contributed by atoms with E-state index in [2.05, 4.69) is 4.72 Å². The van der Waals surface area contributed by atoms with Gasteiger partial charge in [-0.25, -0.2) is 17.9 Å². The zero-order valence-electron chi connectivity index (χ0n) is 15.3. The Kier molecular flexibility index (Phi) is 5.20. The Bertz CT molecular complexity index is 1200. The maximum absolute atomic E-state index is 12.4. The number of carbonyl (C=O) groups excluding carboxylic acids is 3. The van der Waals surface area contributed by atoms with Gasteiger partial charge in [0.1, 0.15) is 0 Å². The van der Waals surface area contributed by atoms with E-state index in [0.717, 1.165) is 4.88 Å². The molecule has 0 unspecified atom stereocenters. The molecular weight excluding hydrogens is 428 g/mol. The fraction of sp³-hybridized carbons (Fsp3) is 0.0500. The van der Waals surface area contributed by atoms with Gasteiger partial charge in [0.25, 0.3) is 11.8 Å². The van der Waals surface area contributed by atoms with Gasteiger partial charge in [-0.05, 0) is 47.8 Å². The molecule has 8 nitrogen and oxygen atoms in total. The van der Waals surface area contributed by atoms with Gasteiger partial charge in [-0.15, -0.1) is 11.3 Å². The minimum absolute atomic E-state index is 0.0104. The molecule has 0 atom stereocenters. The number of amides is 2. The second-order valence-electron chi connectivity index (χ2n) is 6.26. The van der Waals surface area contributed by atoms with Gasteiger partial charge in [-0.3, -0.25) is 9.59 Å². The number of nitrogens with zero attached hydrogens (tertiary/aromatic N) is 1. The number of thiophene rings is 1. The van der Waals surface area contributed by atoms with Crippen LogP contribution in [-0.2, 0) is 21.4 Å². The maximum Gasteiger partial charge on any atom is 0.363 e. The van der Waals surface area contributed by atoms with Crippen molar-refractivity contribution in [1.29, 1.82) is 0 Å². The van der Waals surface area contributed by atoms with E-state index >= 15 is 0 Å². The predicted octanol–water partition coefficient (Wildman–Crippen LogP) is 2.59. The van der Waals surface area contributed by atoms with E-state index in [9.17, 15) is 22.8 Å². The third kappa shape index (κ3) is 3.75. The lowest BCUT2D eigenvalue weighted by Gasteiger charge is -2.13. The third-order valence-corrected chi connectivity index (χ3v) is 6.64. The van der Waals surface area contributed by atoms with Crippen LogP contribution in [0.2, 0.25) is 0 Å². The summed E-state index contributed by atoms with van der Waals surface area (Å²) >= 11 is 1.43. The van der Waals surface area contributed by atoms with E-state index in [1.54, 1.807) is 12.1 Å². The molecule has 1 aliphatic heterocycles. The third-order valence-electron chi connectivity index (χ3n) is 4.35. The molecule has 152 valence electrons. The van der Waals surface area contributed by atoms with Crippen molar-refractivity contribution in [2.75, 3.05) is 0 Å². The molecule has 1 aliphatic rings. The quantitative estimate of drug-likeness (QED) is 0.588. The summed E-state index contributed by atoms with van der Waals surface area (Å²) in [6.07, 6.45) is 0. The average molecular weight is 442 g/mol. The number of rotatable bonds is 6. The van der Waals surface area contributed by atoms with Gasteiger partial charge in [0.15, 0.2) is 0 Å². The highest BCUT2D eigenvalue weighted by atomic mass is 32.2. The highest BCUT2D eigenvalue weighted by molar-refractivity contribution is 7.89. The van der Waals surface area contributed by atoms with Crippen LogP contribution in [0.15, 0.2) is 70.9 Å². The van der Waals surface area contributed by atoms with Crippen LogP contribution in [0.5, 0.6) is 0 Å². The van der Waals surface area contributed by atoms with Crippen molar-refractivity contribution < 1.29 is 27.6 Å². The zero-order valence-corrected chi connectivity index (χ0v) is 16.9. The first-order chi connectivity index (χ1) is 14.4. The number of hydroxylamine groups is 2. The molecule has 30 heavy (non-hydrogen) atoms. The van der Waals surface area contributed by atoms with Gasteiger partial charge in [-0.1, -0.05) is 23.3 Å². The van der Waals surface area contributed by atoms with Crippen molar-refractivity contribution in [2.45, 2.75) is 11.4 Å². The summed E-state index contributed by atoms with van der Waals surface area (Å²) in [5, 5.41) is 2.25. The van der Waals surface area contributed by atoms with Crippen LogP contribution in [0.3, 0.4) is 0 Å². The first kappa shape index (κ1) is 20.0. The molecule has 0 fully saturated rings. The second-order valence-corrected chi connectivity index (χ2v) is 9.06. The topological polar surface area (TPSA) is 110 Å². The second kappa shape index (κ2) is 7.82. The molecule has 1 aromatic heterocycles. The molecule has 10 heteroatoms. The van der Waals surface area contributed by atoms with E-state index in [0.29, 0.717) is 5.06 Å². The molecule has 2 aromatic carbocycles. The SMILES string of the molecule is O=C(ON1C(=O)c2ccccc2C1=O)c1ccc(S(=O)(=O)NCc2cccs2)cc1. The largest absolute Gasteiger partial charge is 0.363 e. The fourth-order valence-electron chi connectivity index (χ4n) is 2.82. The molecule has 0 spiro atoms. The maximum atomic E-state index is 12.4. The van der Waals surface area contributed by atoms with E-state index in [4.69, 9.17) is 4.84 Å². The lowest BCUT2D eigenvalue weighted by molar-refractivity contribution is -0.0584. The Balaban J connectivity index is 1.45. The minimum atomic E-state index is -3.77. The number of imide groups is 1. The number of sulfonamides is 1. The number of benzene rings is 2. The molecule has 3 aromatic rings. The Morgan fingerprint density at radius 2 is 1.57 bits per heavy atom. The van der Waals surface area contributed by atoms with Crippen LogP contribution >= 0.6 is 11.3 Å². The van der Waals surface area contributed by atoms with Crippen LogP contribution in [0.25, 0.3) is 0 Å².